The molecule has 2 atom stereocenters. The summed E-state index contributed by atoms with van der Waals surface area (Å²) >= 11 is 0. The van der Waals surface area contributed by atoms with Crippen molar-refractivity contribution >= 4 is 11.9 Å². The van der Waals surface area contributed by atoms with Crippen molar-refractivity contribution in [1.29, 1.82) is 0 Å². The molecule has 0 aliphatic rings. The van der Waals surface area contributed by atoms with Crippen LogP contribution < -0.4 is 10.1 Å². The predicted octanol–water partition coefficient (Wildman–Crippen LogP) is 3.55. The van der Waals surface area contributed by atoms with Gasteiger partial charge in [-0.25, -0.2) is 4.79 Å². The van der Waals surface area contributed by atoms with E-state index in [1.807, 2.05) is 30.3 Å². The summed E-state index contributed by atoms with van der Waals surface area (Å²) in [5, 5.41) is 2.87. The quantitative estimate of drug-likeness (QED) is 0.736. The summed E-state index contributed by atoms with van der Waals surface area (Å²) in [4.78, 5) is 24.4. The minimum atomic E-state index is -0.863. The molecule has 5 heteroatoms. The maximum absolute atomic E-state index is 12.3. The Hall–Kier alpha value is -2.82. The van der Waals surface area contributed by atoms with Crippen molar-refractivity contribution in [3.63, 3.8) is 0 Å². The van der Waals surface area contributed by atoms with Gasteiger partial charge >= 0.3 is 5.97 Å². The zero-order valence-corrected chi connectivity index (χ0v) is 15.4. The smallest absolute Gasteiger partial charge is 0.338 e. The molecule has 1 N–H and O–H groups in total. The fraction of sp³-hybridized carbons (Fsp3) is 0.333. The molecule has 0 bridgehead atoms. The van der Waals surface area contributed by atoms with Gasteiger partial charge in [0, 0.05) is 12.5 Å². The Morgan fingerprint density at radius 2 is 1.69 bits per heavy atom. The van der Waals surface area contributed by atoms with Gasteiger partial charge in [0.1, 0.15) is 5.75 Å². The number of carbonyl (C=O) groups is 2. The van der Waals surface area contributed by atoms with Crippen LogP contribution in [-0.2, 0) is 9.53 Å². The summed E-state index contributed by atoms with van der Waals surface area (Å²) in [5.74, 6) is 0.0372. The molecule has 0 aromatic heterocycles. The number of rotatable bonds is 8. The summed E-state index contributed by atoms with van der Waals surface area (Å²) in [5.41, 5.74) is 1.55. The average molecular weight is 355 g/mol. The van der Waals surface area contributed by atoms with Crippen molar-refractivity contribution in [2.45, 2.75) is 32.3 Å². The molecular formula is C21H25NO4. The highest BCUT2D eigenvalue weighted by atomic mass is 16.5. The van der Waals surface area contributed by atoms with E-state index >= 15 is 0 Å². The lowest BCUT2D eigenvalue weighted by atomic mass is 9.96. The van der Waals surface area contributed by atoms with Gasteiger partial charge in [-0.1, -0.05) is 37.3 Å². The van der Waals surface area contributed by atoms with Crippen molar-refractivity contribution in [3.05, 3.63) is 65.7 Å². The molecule has 0 unspecified atom stereocenters. The lowest BCUT2D eigenvalue weighted by Gasteiger charge is -2.18. The molecule has 0 saturated heterocycles. The van der Waals surface area contributed by atoms with Gasteiger partial charge in [-0.2, -0.15) is 0 Å². The van der Waals surface area contributed by atoms with Gasteiger partial charge in [0.05, 0.1) is 12.7 Å². The average Bonchev–Trinajstić information content (AvgIpc) is 2.69. The molecular weight excluding hydrogens is 330 g/mol. The molecule has 0 radical (unpaired) electrons. The number of carbonyl (C=O) groups excluding carboxylic acids is 2. The number of benzene rings is 2. The lowest BCUT2D eigenvalue weighted by molar-refractivity contribution is -0.129. The van der Waals surface area contributed by atoms with Crippen LogP contribution in [0.15, 0.2) is 54.6 Å². The van der Waals surface area contributed by atoms with Crippen LogP contribution >= 0.6 is 0 Å². The third kappa shape index (κ3) is 5.34. The predicted molar refractivity (Wildman–Crippen MR) is 100 cm³/mol. The summed E-state index contributed by atoms with van der Waals surface area (Å²) in [7, 11) is 1.55. The van der Waals surface area contributed by atoms with E-state index in [0.717, 1.165) is 6.42 Å². The summed E-state index contributed by atoms with van der Waals surface area (Å²) in [6, 6.07) is 16.6. The van der Waals surface area contributed by atoms with Gasteiger partial charge in [-0.15, -0.1) is 0 Å². The van der Waals surface area contributed by atoms with Gasteiger partial charge in [-0.05, 0) is 43.2 Å². The van der Waals surface area contributed by atoms with Crippen molar-refractivity contribution in [2.24, 2.45) is 0 Å². The molecule has 2 rings (SSSR count). The van der Waals surface area contributed by atoms with E-state index in [0.29, 0.717) is 17.9 Å². The second-order valence-electron chi connectivity index (χ2n) is 6.04. The third-order valence-corrected chi connectivity index (χ3v) is 4.27. The highest BCUT2D eigenvalue weighted by Crippen LogP contribution is 2.18. The first-order valence-electron chi connectivity index (χ1n) is 8.72. The normalized spacial score (nSPS) is 12.7. The van der Waals surface area contributed by atoms with Crippen LogP contribution in [0.3, 0.4) is 0 Å². The van der Waals surface area contributed by atoms with Gasteiger partial charge in [-0.3, -0.25) is 4.79 Å². The van der Waals surface area contributed by atoms with E-state index in [4.69, 9.17) is 9.47 Å². The standard InChI is InChI=1S/C21H25NO4/c1-4-16(17-8-6-5-7-9-17)14-22-20(23)15(2)26-21(24)18-10-12-19(25-3)13-11-18/h5-13,15-16H,4,14H2,1-3H3,(H,22,23)/t15-,16-/m1/s1. The van der Waals surface area contributed by atoms with Crippen LogP contribution in [0.25, 0.3) is 0 Å². The molecule has 0 saturated carbocycles. The number of ether oxygens (including phenoxy) is 2. The van der Waals surface area contributed by atoms with E-state index in [-0.39, 0.29) is 11.8 Å². The highest BCUT2D eigenvalue weighted by Gasteiger charge is 2.20. The molecule has 2 aromatic rings. The van der Waals surface area contributed by atoms with Crippen LogP contribution in [0, 0.1) is 0 Å². The molecule has 0 aliphatic carbocycles. The fourth-order valence-corrected chi connectivity index (χ4v) is 2.60. The number of nitrogens with one attached hydrogen (secondary N) is 1. The molecule has 0 fully saturated rings. The zero-order valence-electron chi connectivity index (χ0n) is 15.4. The largest absolute Gasteiger partial charge is 0.497 e. The summed E-state index contributed by atoms with van der Waals surface area (Å²) in [6.07, 6.45) is 0.0440. The molecule has 138 valence electrons. The molecule has 26 heavy (non-hydrogen) atoms. The second kappa shape index (κ2) is 9.61. The Balaban J connectivity index is 1.87. The maximum atomic E-state index is 12.3. The van der Waals surface area contributed by atoms with E-state index in [1.165, 1.54) is 5.56 Å². The van der Waals surface area contributed by atoms with E-state index in [9.17, 15) is 9.59 Å². The molecule has 0 aliphatic heterocycles. The third-order valence-electron chi connectivity index (χ3n) is 4.27. The van der Waals surface area contributed by atoms with E-state index in [2.05, 4.69) is 12.2 Å². The van der Waals surface area contributed by atoms with Gasteiger partial charge in [0.15, 0.2) is 6.10 Å². The first-order valence-corrected chi connectivity index (χ1v) is 8.72. The Bertz CT molecular complexity index is 713. The van der Waals surface area contributed by atoms with Crippen molar-refractivity contribution in [1.82, 2.24) is 5.32 Å². The Labute approximate surface area is 154 Å². The van der Waals surface area contributed by atoms with Gasteiger partial charge < -0.3 is 14.8 Å². The molecule has 0 spiro atoms. The van der Waals surface area contributed by atoms with Crippen LogP contribution in [-0.4, -0.2) is 31.6 Å². The molecule has 5 nitrogen and oxygen atoms in total. The topological polar surface area (TPSA) is 64.6 Å². The minimum Gasteiger partial charge on any atom is -0.497 e. The SMILES string of the molecule is CC[C@H](CNC(=O)[C@@H](C)OC(=O)c1ccc(OC)cc1)c1ccccc1. The monoisotopic (exact) mass is 355 g/mol. The first-order chi connectivity index (χ1) is 12.5. The summed E-state index contributed by atoms with van der Waals surface area (Å²) in [6.45, 7) is 4.15. The number of methoxy groups -OCH3 is 1. The van der Waals surface area contributed by atoms with Crippen LogP contribution in [0.5, 0.6) is 5.75 Å². The van der Waals surface area contributed by atoms with Crippen molar-refractivity contribution in [2.75, 3.05) is 13.7 Å². The van der Waals surface area contributed by atoms with Crippen LogP contribution in [0.1, 0.15) is 42.1 Å². The maximum Gasteiger partial charge on any atom is 0.338 e. The van der Waals surface area contributed by atoms with Gasteiger partial charge in [0.2, 0.25) is 0 Å². The minimum absolute atomic E-state index is 0.227. The first kappa shape index (κ1) is 19.5. The Kier molecular flexibility index (Phi) is 7.21. The second-order valence-corrected chi connectivity index (χ2v) is 6.04. The zero-order chi connectivity index (χ0) is 18.9. The Morgan fingerprint density at radius 3 is 2.27 bits per heavy atom. The summed E-state index contributed by atoms with van der Waals surface area (Å²) < 4.78 is 10.3. The fourth-order valence-electron chi connectivity index (χ4n) is 2.60. The van der Waals surface area contributed by atoms with Crippen molar-refractivity contribution in [3.8, 4) is 5.75 Å². The molecule has 2 aromatic carbocycles. The Morgan fingerprint density at radius 1 is 1.04 bits per heavy atom. The highest BCUT2D eigenvalue weighted by molar-refractivity contribution is 5.92. The van der Waals surface area contributed by atoms with Crippen LogP contribution in [0.4, 0.5) is 0 Å². The number of esters is 1. The molecule has 1 amide bonds. The van der Waals surface area contributed by atoms with Gasteiger partial charge in [0.25, 0.3) is 5.91 Å². The lowest BCUT2D eigenvalue weighted by Crippen LogP contribution is -2.38. The number of hydrogen-bond acceptors (Lipinski definition) is 4. The van der Waals surface area contributed by atoms with Crippen LogP contribution in [0.2, 0.25) is 0 Å². The number of hydrogen-bond donors (Lipinski definition) is 1. The van der Waals surface area contributed by atoms with Crippen molar-refractivity contribution < 1.29 is 19.1 Å². The van der Waals surface area contributed by atoms with E-state index in [1.54, 1.807) is 38.3 Å². The van der Waals surface area contributed by atoms with E-state index < -0.39 is 12.1 Å². The molecule has 0 heterocycles. The number of amides is 1.